The van der Waals surface area contributed by atoms with Crippen LogP contribution < -0.4 is 10.6 Å². The van der Waals surface area contributed by atoms with Crippen LogP contribution in [-0.4, -0.2) is 28.3 Å². The van der Waals surface area contributed by atoms with Gasteiger partial charge in [0.25, 0.3) is 11.8 Å². The summed E-state index contributed by atoms with van der Waals surface area (Å²) in [6.07, 6.45) is 4.88. The van der Waals surface area contributed by atoms with Gasteiger partial charge in [-0.25, -0.2) is 0 Å². The van der Waals surface area contributed by atoms with Crippen LogP contribution in [0.2, 0.25) is 0 Å². The lowest BCUT2D eigenvalue weighted by Crippen LogP contribution is -2.27. The van der Waals surface area contributed by atoms with Crippen molar-refractivity contribution in [1.29, 1.82) is 0 Å². The van der Waals surface area contributed by atoms with Crippen molar-refractivity contribution in [2.45, 2.75) is 19.4 Å². The quantitative estimate of drug-likeness (QED) is 0.594. The Bertz CT molecular complexity index is 914. The van der Waals surface area contributed by atoms with Crippen molar-refractivity contribution in [2.24, 2.45) is 0 Å². The molecule has 0 spiro atoms. The third-order valence-corrected chi connectivity index (χ3v) is 4.18. The molecule has 2 N–H and O–H groups in total. The summed E-state index contributed by atoms with van der Waals surface area (Å²) < 4.78 is 0. The van der Waals surface area contributed by atoms with E-state index in [-0.39, 0.29) is 17.5 Å². The first-order chi connectivity index (χ1) is 13.7. The molecule has 0 fully saturated rings. The first-order valence-electron chi connectivity index (χ1n) is 9.18. The number of nitrogens with zero attached hydrogens (tertiary/aromatic N) is 2. The van der Waals surface area contributed by atoms with Gasteiger partial charge in [-0.15, -0.1) is 0 Å². The summed E-state index contributed by atoms with van der Waals surface area (Å²) in [7, 11) is 0. The number of carbonyl (C=O) groups excluding carboxylic acids is 2. The fraction of sp³-hybridized carbons (Fsp3) is 0.182. The standard InChI is InChI=1S/C22H22N4O2/c27-21(25-13-6-9-17-7-2-1-3-8-17)18-11-14-24-20(15-18)22(28)26-16-19-10-4-5-12-23-19/h1-5,7-8,10-12,14-15H,6,9,13,16H2,(H,25,27)(H,26,28). The molecule has 142 valence electrons. The first kappa shape index (κ1) is 19.2. The first-order valence-corrected chi connectivity index (χ1v) is 9.18. The van der Waals surface area contributed by atoms with Crippen LogP contribution in [0.5, 0.6) is 0 Å². The number of aromatic nitrogens is 2. The normalized spacial score (nSPS) is 10.3. The smallest absolute Gasteiger partial charge is 0.270 e. The van der Waals surface area contributed by atoms with Crippen molar-refractivity contribution >= 4 is 11.8 Å². The van der Waals surface area contributed by atoms with Gasteiger partial charge in [-0.1, -0.05) is 36.4 Å². The molecule has 0 unspecified atom stereocenters. The molecule has 2 amide bonds. The number of benzene rings is 1. The number of carbonyl (C=O) groups is 2. The Labute approximate surface area is 164 Å². The highest BCUT2D eigenvalue weighted by atomic mass is 16.2. The Hall–Kier alpha value is -3.54. The Kier molecular flexibility index (Phi) is 6.84. The van der Waals surface area contributed by atoms with Crippen LogP contribution in [0.3, 0.4) is 0 Å². The van der Waals surface area contributed by atoms with Crippen molar-refractivity contribution in [3.63, 3.8) is 0 Å². The van der Waals surface area contributed by atoms with Gasteiger partial charge in [0.1, 0.15) is 5.69 Å². The van der Waals surface area contributed by atoms with Gasteiger partial charge in [-0.05, 0) is 42.7 Å². The van der Waals surface area contributed by atoms with Crippen molar-refractivity contribution in [1.82, 2.24) is 20.6 Å². The van der Waals surface area contributed by atoms with E-state index in [2.05, 4.69) is 32.7 Å². The molecule has 0 bridgehead atoms. The number of hydrogen-bond acceptors (Lipinski definition) is 4. The number of hydrogen-bond donors (Lipinski definition) is 2. The zero-order valence-corrected chi connectivity index (χ0v) is 15.5. The van der Waals surface area contributed by atoms with E-state index in [0.29, 0.717) is 18.7 Å². The number of amides is 2. The molecule has 0 aliphatic carbocycles. The highest BCUT2D eigenvalue weighted by molar-refractivity contribution is 5.98. The van der Waals surface area contributed by atoms with Crippen molar-refractivity contribution in [3.8, 4) is 0 Å². The zero-order valence-electron chi connectivity index (χ0n) is 15.5. The third kappa shape index (κ3) is 5.74. The molecule has 3 aromatic rings. The number of aryl methyl sites for hydroxylation is 1. The predicted molar refractivity (Wildman–Crippen MR) is 107 cm³/mol. The average Bonchev–Trinajstić information content (AvgIpc) is 2.76. The molecule has 28 heavy (non-hydrogen) atoms. The lowest BCUT2D eigenvalue weighted by molar-refractivity contribution is 0.0945. The molecule has 0 saturated heterocycles. The maximum Gasteiger partial charge on any atom is 0.270 e. The van der Waals surface area contributed by atoms with Crippen LogP contribution in [0.15, 0.2) is 73.1 Å². The number of pyridine rings is 2. The Morgan fingerprint density at radius 3 is 2.43 bits per heavy atom. The van der Waals surface area contributed by atoms with Gasteiger partial charge in [0.2, 0.25) is 0 Å². The van der Waals surface area contributed by atoms with Gasteiger partial charge in [0, 0.05) is 24.5 Å². The van der Waals surface area contributed by atoms with E-state index >= 15 is 0 Å². The summed E-state index contributed by atoms with van der Waals surface area (Å²) in [6.45, 7) is 0.870. The van der Waals surface area contributed by atoms with Crippen molar-refractivity contribution in [2.75, 3.05) is 6.54 Å². The second-order valence-corrected chi connectivity index (χ2v) is 6.28. The number of rotatable bonds is 8. The summed E-state index contributed by atoms with van der Waals surface area (Å²) in [5.74, 6) is -0.557. The summed E-state index contributed by atoms with van der Waals surface area (Å²) in [5, 5.41) is 5.64. The monoisotopic (exact) mass is 374 g/mol. The molecule has 0 aliphatic rings. The highest BCUT2D eigenvalue weighted by Crippen LogP contribution is 2.04. The molecule has 2 heterocycles. The second-order valence-electron chi connectivity index (χ2n) is 6.28. The van der Waals surface area contributed by atoms with Gasteiger partial charge in [0.05, 0.1) is 12.2 Å². The maximum atomic E-state index is 12.3. The van der Waals surface area contributed by atoms with Gasteiger partial charge < -0.3 is 10.6 Å². The van der Waals surface area contributed by atoms with Crippen LogP contribution in [0.4, 0.5) is 0 Å². The van der Waals surface area contributed by atoms with E-state index in [0.717, 1.165) is 18.5 Å². The van der Waals surface area contributed by atoms with E-state index in [4.69, 9.17) is 0 Å². The predicted octanol–water partition coefficient (Wildman–Crippen LogP) is 2.77. The van der Waals surface area contributed by atoms with Crippen molar-refractivity contribution < 1.29 is 9.59 Å². The van der Waals surface area contributed by atoms with E-state index in [1.54, 1.807) is 12.3 Å². The average molecular weight is 374 g/mol. The summed E-state index contributed by atoms with van der Waals surface area (Å²) in [4.78, 5) is 32.8. The van der Waals surface area contributed by atoms with E-state index < -0.39 is 0 Å². The maximum absolute atomic E-state index is 12.3. The molecular weight excluding hydrogens is 352 g/mol. The molecule has 0 radical (unpaired) electrons. The highest BCUT2D eigenvalue weighted by Gasteiger charge is 2.11. The summed E-state index contributed by atoms with van der Waals surface area (Å²) >= 11 is 0. The second kappa shape index (κ2) is 9.97. The lowest BCUT2D eigenvalue weighted by atomic mass is 10.1. The Morgan fingerprint density at radius 2 is 1.64 bits per heavy atom. The molecule has 1 aromatic carbocycles. The minimum Gasteiger partial charge on any atom is -0.352 e. The van der Waals surface area contributed by atoms with E-state index in [1.807, 2.05) is 36.4 Å². The molecular formula is C22H22N4O2. The van der Waals surface area contributed by atoms with Crippen LogP contribution in [-0.2, 0) is 13.0 Å². The summed E-state index contributed by atoms with van der Waals surface area (Å²) in [6, 6.07) is 18.7. The van der Waals surface area contributed by atoms with Crippen LogP contribution in [0.25, 0.3) is 0 Å². The molecule has 0 atom stereocenters. The molecule has 6 heteroatoms. The van der Waals surface area contributed by atoms with Crippen molar-refractivity contribution in [3.05, 3.63) is 95.6 Å². The van der Waals surface area contributed by atoms with Gasteiger partial charge in [0.15, 0.2) is 0 Å². The molecule has 0 saturated carbocycles. The van der Waals surface area contributed by atoms with Crippen LogP contribution in [0.1, 0.15) is 38.5 Å². The zero-order chi connectivity index (χ0) is 19.6. The Balaban J connectivity index is 1.49. The van der Waals surface area contributed by atoms with Crippen LogP contribution in [0, 0.1) is 0 Å². The Morgan fingerprint density at radius 1 is 0.821 bits per heavy atom. The lowest BCUT2D eigenvalue weighted by Gasteiger charge is -2.07. The molecule has 3 rings (SSSR count). The fourth-order valence-corrected chi connectivity index (χ4v) is 2.70. The molecule has 2 aromatic heterocycles. The largest absolute Gasteiger partial charge is 0.352 e. The van der Waals surface area contributed by atoms with Gasteiger partial charge in [-0.3, -0.25) is 19.6 Å². The minimum absolute atomic E-state index is 0.202. The fourth-order valence-electron chi connectivity index (χ4n) is 2.70. The SMILES string of the molecule is O=C(NCCCc1ccccc1)c1ccnc(C(=O)NCc2ccccn2)c1. The minimum atomic E-state index is -0.343. The molecule has 0 aliphatic heterocycles. The third-order valence-electron chi connectivity index (χ3n) is 4.18. The topological polar surface area (TPSA) is 84.0 Å². The van der Waals surface area contributed by atoms with E-state index in [9.17, 15) is 9.59 Å². The van der Waals surface area contributed by atoms with Gasteiger partial charge >= 0.3 is 0 Å². The number of nitrogens with one attached hydrogen (secondary N) is 2. The van der Waals surface area contributed by atoms with Crippen LogP contribution >= 0.6 is 0 Å². The molecule has 6 nitrogen and oxygen atoms in total. The van der Waals surface area contributed by atoms with E-state index in [1.165, 1.54) is 17.8 Å². The summed E-state index contributed by atoms with van der Waals surface area (Å²) in [5.41, 5.74) is 2.61. The van der Waals surface area contributed by atoms with Gasteiger partial charge in [-0.2, -0.15) is 0 Å².